The van der Waals surface area contributed by atoms with E-state index < -0.39 is 0 Å². The maximum atomic E-state index is 12.5. The lowest BCUT2D eigenvalue weighted by Crippen LogP contribution is -2.22. The van der Waals surface area contributed by atoms with Gasteiger partial charge in [-0.2, -0.15) is 0 Å². The van der Waals surface area contributed by atoms with Crippen molar-refractivity contribution in [3.05, 3.63) is 58.9 Å². The third kappa shape index (κ3) is 4.19. The zero-order valence-corrected chi connectivity index (χ0v) is 14.8. The Kier molecular flexibility index (Phi) is 5.35. The molecule has 0 saturated carbocycles. The number of carbonyl (C=O) groups is 1. The van der Waals surface area contributed by atoms with E-state index in [2.05, 4.69) is 20.3 Å². The molecule has 3 aromatic heterocycles. The molecule has 7 heteroatoms. The summed E-state index contributed by atoms with van der Waals surface area (Å²) in [6.45, 7) is 4.69. The molecule has 3 aromatic rings. The van der Waals surface area contributed by atoms with Crippen LogP contribution in [0.25, 0.3) is 10.7 Å². The number of hydrogen-bond donors (Lipinski definition) is 1. The Balaban J connectivity index is 1.69. The van der Waals surface area contributed by atoms with Crippen LogP contribution in [0.2, 0.25) is 0 Å². The van der Waals surface area contributed by atoms with E-state index in [9.17, 15) is 4.79 Å². The fraction of sp³-hybridized carbons (Fsp3) is 0.222. The van der Waals surface area contributed by atoms with Gasteiger partial charge in [-0.05, 0) is 37.6 Å². The minimum Gasteiger partial charge on any atom is -0.478 e. The first-order chi connectivity index (χ1) is 12.2. The van der Waals surface area contributed by atoms with Crippen LogP contribution in [-0.2, 0) is 6.54 Å². The molecule has 0 bridgehead atoms. The van der Waals surface area contributed by atoms with Crippen LogP contribution < -0.4 is 10.1 Å². The molecule has 25 heavy (non-hydrogen) atoms. The summed E-state index contributed by atoms with van der Waals surface area (Å²) in [4.78, 5) is 25.9. The lowest BCUT2D eigenvalue weighted by Gasteiger charge is -2.06. The summed E-state index contributed by atoms with van der Waals surface area (Å²) in [6.07, 6.45) is 3.38. The molecule has 0 aliphatic rings. The fourth-order valence-electron chi connectivity index (χ4n) is 2.26. The Morgan fingerprint density at radius 3 is 2.88 bits per heavy atom. The van der Waals surface area contributed by atoms with Crippen molar-refractivity contribution < 1.29 is 9.53 Å². The van der Waals surface area contributed by atoms with Gasteiger partial charge in [0.05, 0.1) is 18.0 Å². The van der Waals surface area contributed by atoms with Gasteiger partial charge in [0.2, 0.25) is 5.88 Å². The SMILES string of the molecule is CCOc1cc(CNC(=O)c2sc(-c3ccccn3)nc2C)ccn1. The smallest absolute Gasteiger partial charge is 0.263 e. The van der Waals surface area contributed by atoms with Crippen LogP contribution in [0.3, 0.4) is 0 Å². The molecule has 0 aromatic carbocycles. The van der Waals surface area contributed by atoms with Gasteiger partial charge >= 0.3 is 0 Å². The second-order valence-electron chi connectivity index (χ2n) is 5.27. The largest absolute Gasteiger partial charge is 0.478 e. The van der Waals surface area contributed by atoms with Crippen LogP contribution in [0, 0.1) is 6.92 Å². The highest BCUT2D eigenvalue weighted by Gasteiger charge is 2.16. The predicted octanol–water partition coefficient (Wildman–Crippen LogP) is 3.24. The van der Waals surface area contributed by atoms with Crippen LogP contribution >= 0.6 is 11.3 Å². The maximum absolute atomic E-state index is 12.5. The van der Waals surface area contributed by atoms with Crippen molar-refractivity contribution in [1.82, 2.24) is 20.3 Å². The highest BCUT2D eigenvalue weighted by atomic mass is 32.1. The molecule has 0 aliphatic heterocycles. The summed E-state index contributed by atoms with van der Waals surface area (Å²) in [7, 11) is 0. The van der Waals surface area contributed by atoms with E-state index in [1.807, 2.05) is 44.2 Å². The molecule has 1 N–H and O–H groups in total. The van der Waals surface area contributed by atoms with Crippen LogP contribution in [0.1, 0.15) is 27.9 Å². The molecule has 1 amide bonds. The van der Waals surface area contributed by atoms with Crippen molar-refractivity contribution in [2.75, 3.05) is 6.61 Å². The molecule has 0 radical (unpaired) electrons. The number of nitrogens with one attached hydrogen (secondary N) is 1. The van der Waals surface area contributed by atoms with Crippen LogP contribution in [0.4, 0.5) is 0 Å². The number of aromatic nitrogens is 3. The number of nitrogens with zero attached hydrogens (tertiary/aromatic N) is 3. The summed E-state index contributed by atoms with van der Waals surface area (Å²) in [6, 6.07) is 9.30. The molecule has 0 spiro atoms. The van der Waals surface area contributed by atoms with Gasteiger partial charge in [0.15, 0.2) is 0 Å². The number of carbonyl (C=O) groups excluding carboxylic acids is 1. The molecule has 0 aliphatic carbocycles. The van der Waals surface area contributed by atoms with Gasteiger partial charge in [-0.1, -0.05) is 6.07 Å². The van der Waals surface area contributed by atoms with Crippen LogP contribution in [0.15, 0.2) is 42.7 Å². The van der Waals surface area contributed by atoms with E-state index >= 15 is 0 Å². The summed E-state index contributed by atoms with van der Waals surface area (Å²) >= 11 is 1.34. The van der Waals surface area contributed by atoms with Gasteiger partial charge in [-0.25, -0.2) is 9.97 Å². The molecule has 0 fully saturated rings. The van der Waals surface area contributed by atoms with Crippen LogP contribution in [0.5, 0.6) is 5.88 Å². The van der Waals surface area contributed by atoms with Gasteiger partial charge in [0.25, 0.3) is 5.91 Å². The molecular weight excluding hydrogens is 336 g/mol. The van der Waals surface area contributed by atoms with E-state index in [0.717, 1.165) is 16.3 Å². The molecule has 6 nitrogen and oxygen atoms in total. The first kappa shape index (κ1) is 17.0. The summed E-state index contributed by atoms with van der Waals surface area (Å²) in [5, 5.41) is 3.66. The second-order valence-corrected chi connectivity index (χ2v) is 6.27. The lowest BCUT2D eigenvalue weighted by molar-refractivity contribution is 0.0954. The quantitative estimate of drug-likeness (QED) is 0.735. The molecule has 3 heterocycles. The van der Waals surface area contributed by atoms with E-state index in [-0.39, 0.29) is 5.91 Å². The van der Waals surface area contributed by atoms with Gasteiger partial charge in [-0.15, -0.1) is 11.3 Å². The topological polar surface area (TPSA) is 77.0 Å². The first-order valence-electron chi connectivity index (χ1n) is 7.92. The Morgan fingerprint density at radius 1 is 1.24 bits per heavy atom. The molecular formula is C18H18N4O2S. The van der Waals surface area contributed by atoms with Crippen molar-refractivity contribution in [3.8, 4) is 16.6 Å². The molecule has 0 atom stereocenters. The lowest BCUT2D eigenvalue weighted by atomic mass is 10.2. The van der Waals surface area contributed by atoms with Crippen LogP contribution in [-0.4, -0.2) is 27.5 Å². The summed E-state index contributed by atoms with van der Waals surface area (Å²) in [5.74, 6) is 0.410. The Bertz CT molecular complexity index is 865. The molecule has 128 valence electrons. The third-order valence-corrected chi connectivity index (χ3v) is 4.61. The molecule has 0 unspecified atom stereocenters. The monoisotopic (exact) mass is 354 g/mol. The number of pyridine rings is 2. The Labute approximate surface area is 149 Å². The normalized spacial score (nSPS) is 10.5. The van der Waals surface area contributed by atoms with Gasteiger partial charge < -0.3 is 10.1 Å². The van der Waals surface area contributed by atoms with Crippen molar-refractivity contribution >= 4 is 17.2 Å². The van der Waals surface area contributed by atoms with Gasteiger partial charge in [0.1, 0.15) is 9.88 Å². The van der Waals surface area contributed by atoms with Crippen molar-refractivity contribution in [1.29, 1.82) is 0 Å². The van der Waals surface area contributed by atoms with E-state index in [4.69, 9.17) is 4.74 Å². The Morgan fingerprint density at radius 2 is 2.12 bits per heavy atom. The summed E-state index contributed by atoms with van der Waals surface area (Å²) < 4.78 is 5.37. The zero-order chi connectivity index (χ0) is 17.6. The fourth-order valence-corrected chi connectivity index (χ4v) is 3.22. The average molecular weight is 354 g/mol. The zero-order valence-electron chi connectivity index (χ0n) is 14.0. The molecule has 0 saturated heterocycles. The number of hydrogen-bond acceptors (Lipinski definition) is 6. The molecule has 3 rings (SSSR count). The van der Waals surface area contributed by atoms with Crippen molar-refractivity contribution in [3.63, 3.8) is 0 Å². The first-order valence-corrected chi connectivity index (χ1v) is 8.73. The van der Waals surface area contributed by atoms with Gasteiger partial charge in [0, 0.05) is 25.0 Å². The second kappa shape index (κ2) is 7.85. The highest BCUT2D eigenvalue weighted by molar-refractivity contribution is 7.17. The van der Waals surface area contributed by atoms with Crippen molar-refractivity contribution in [2.45, 2.75) is 20.4 Å². The van der Waals surface area contributed by atoms with E-state index in [1.54, 1.807) is 12.4 Å². The number of thiazole rings is 1. The number of aryl methyl sites for hydroxylation is 1. The minimum atomic E-state index is -0.146. The number of amides is 1. The predicted molar refractivity (Wildman–Crippen MR) is 96.7 cm³/mol. The highest BCUT2D eigenvalue weighted by Crippen LogP contribution is 2.26. The maximum Gasteiger partial charge on any atom is 0.263 e. The average Bonchev–Trinajstić information content (AvgIpc) is 3.03. The van der Waals surface area contributed by atoms with Crippen molar-refractivity contribution in [2.24, 2.45) is 0 Å². The van der Waals surface area contributed by atoms with E-state index in [1.165, 1.54) is 11.3 Å². The third-order valence-electron chi connectivity index (χ3n) is 3.43. The number of rotatable bonds is 6. The summed E-state index contributed by atoms with van der Waals surface area (Å²) in [5.41, 5.74) is 2.40. The van der Waals surface area contributed by atoms with Gasteiger partial charge in [-0.3, -0.25) is 9.78 Å². The number of ether oxygens (including phenoxy) is 1. The standard InChI is InChI=1S/C18H18N4O2S/c1-3-24-15-10-13(7-9-20-15)11-21-17(23)16-12(2)22-18(25-16)14-6-4-5-8-19-14/h4-10H,3,11H2,1-2H3,(H,21,23). The van der Waals surface area contributed by atoms with E-state index in [0.29, 0.717) is 29.6 Å². The minimum absolute atomic E-state index is 0.146. The Hall–Kier alpha value is -2.80.